The van der Waals surface area contributed by atoms with Crippen LogP contribution in [0.25, 0.3) is 0 Å². The fourth-order valence-electron chi connectivity index (χ4n) is 4.18. The summed E-state index contributed by atoms with van der Waals surface area (Å²) in [6.07, 6.45) is 11.1. The van der Waals surface area contributed by atoms with Crippen molar-refractivity contribution >= 4 is 6.03 Å². The van der Waals surface area contributed by atoms with Crippen LogP contribution in [0.4, 0.5) is 4.79 Å². The molecule has 1 saturated heterocycles. The van der Waals surface area contributed by atoms with Crippen molar-refractivity contribution in [1.29, 1.82) is 0 Å². The number of carbonyl (C=O) groups is 1. The average molecular weight is 304 g/mol. The van der Waals surface area contributed by atoms with Gasteiger partial charge in [0.05, 0.1) is 6.20 Å². The molecule has 22 heavy (non-hydrogen) atoms. The van der Waals surface area contributed by atoms with Crippen LogP contribution < -0.4 is 5.32 Å². The molecule has 1 aromatic rings. The summed E-state index contributed by atoms with van der Waals surface area (Å²) in [6, 6.07) is 1.01. The Morgan fingerprint density at radius 3 is 3.00 bits per heavy atom. The topological polar surface area (TPSA) is 50.2 Å². The highest BCUT2D eigenvalue weighted by Gasteiger charge is 2.42. The highest BCUT2D eigenvalue weighted by Crippen LogP contribution is 2.39. The predicted octanol–water partition coefficient (Wildman–Crippen LogP) is 2.94. The monoisotopic (exact) mass is 304 g/mol. The van der Waals surface area contributed by atoms with Crippen LogP contribution in [0.15, 0.2) is 12.4 Å². The largest absolute Gasteiger partial charge is 0.338 e. The molecule has 0 spiro atoms. The maximum atomic E-state index is 12.5. The minimum atomic E-state index is 0.138. The molecule has 3 rings (SSSR count). The Bertz CT molecular complexity index is 513. The normalized spacial score (nSPS) is 27.7. The van der Waals surface area contributed by atoms with Crippen LogP contribution in [0.1, 0.15) is 51.0 Å². The molecule has 5 nitrogen and oxygen atoms in total. The molecule has 0 radical (unpaired) electrons. The molecule has 122 valence electrons. The fourth-order valence-corrected chi connectivity index (χ4v) is 4.18. The van der Waals surface area contributed by atoms with Gasteiger partial charge in [-0.25, -0.2) is 4.79 Å². The Balaban J connectivity index is 1.45. The van der Waals surface area contributed by atoms with Crippen LogP contribution >= 0.6 is 0 Å². The molecule has 1 aliphatic heterocycles. The van der Waals surface area contributed by atoms with E-state index in [2.05, 4.69) is 22.2 Å². The number of hydrogen-bond acceptors (Lipinski definition) is 2. The lowest BCUT2D eigenvalue weighted by Crippen LogP contribution is -2.48. The van der Waals surface area contributed by atoms with Gasteiger partial charge in [-0.15, -0.1) is 0 Å². The molecule has 0 bridgehead atoms. The summed E-state index contributed by atoms with van der Waals surface area (Å²) in [7, 11) is 0. The highest BCUT2D eigenvalue weighted by molar-refractivity contribution is 5.75. The summed E-state index contributed by atoms with van der Waals surface area (Å²) in [5.74, 6) is 0.738. The van der Waals surface area contributed by atoms with Gasteiger partial charge >= 0.3 is 6.03 Å². The number of hydrogen-bond donors (Lipinski definition) is 1. The Hall–Kier alpha value is -1.52. The Morgan fingerprint density at radius 2 is 2.23 bits per heavy atom. The van der Waals surface area contributed by atoms with Gasteiger partial charge < -0.3 is 10.2 Å². The van der Waals surface area contributed by atoms with Gasteiger partial charge in [0.15, 0.2) is 0 Å². The molecular formula is C17H28N4O. The van der Waals surface area contributed by atoms with Crippen LogP contribution in [-0.4, -0.2) is 39.3 Å². The second-order valence-electron chi connectivity index (χ2n) is 6.97. The van der Waals surface area contributed by atoms with Crippen LogP contribution in [-0.2, 0) is 6.54 Å². The van der Waals surface area contributed by atoms with E-state index in [0.717, 1.165) is 25.4 Å². The minimum absolute atomic E-state index is 0.138. The molecular weight excluding hydrogens is 276 g/mol. The summed E-state index contributed by atoms with van der Waals surface area (Å²) in [4.78, 5) is 14.6. The molecule has 1 N–H and O–H groups in total. The van der Waals surface area contributed by atoms with E-state index in [0.29, 0.717) is 12.1 Å². The van der Waals surface area contributed by atoms with Crippen molar-refractivity contribution in [3.05, 3.63) is 18.0 Å². The van der Waals surface area contributed by atoms with Gasteiger partial charge in [0.1, 0.15) is 0 Å². The maximum absolute atomic E-state index is 12.5. The first-order valence-electron chi connectivity index (χ1n) is 8.70. The number of fused-ring (bicyclic) bond motifs is 1. The van der Waals surface area contributed by atoms with Gasteiger partial charge in [-0.3, -0.25) is 4.68 Å². The van der Waals surface area contributed by atoms with Crippen LogP contribution in [0.2, 0.25) is 0 Å². The first-order valence-corrected chi connectivity index (χ1v) is 8.70. The number of aromatic nitrogens is 2. The molecule has 5 heteroatoms. The lowest BCUT2D eigenvalue weighted by molar-refractivity contribution is 0.156. The highest BCUT2D eigenvalue weighted by atomic mass is 16.2. The summed E-state index contributed by atoms with van der Waals surface area (Å²) in [5, 5.41) is 7.38. The molecule has 0 aromatic carbocycles. The van der Waals surface area contributed by atoms with E-state index < -0.39 is 0 Å². The van der Waals surface area contributed by atoms with Crippen molar-refractivity contribution < 1.29 is 4.79 Å². The minimum Gasteiger partial charge on any atom is -0.338 e. The third kappa shape index (κ3) is 3.28. The Labute approximate surface area is 133 Å². The van der Waals surface area contributed by atoms with Crippen molar-refractivity contribution in [2.24, 2.45) is 5.92 Å². The number of likely N-dealkylation sites (tertiary alicyclic amines) is 1. The summed E-state index contributed by atoms with van der Waals surface area (Å²) >= 11 is 0. The standard InChI is InChI=1S/C17H28N4O/c1-13-11-19-20(12-13)9-5-8-18-17(22)21-14(2)10-15-6-3-4-7-16(15)21/h11-12,14-16H,3-10H2,1-2H3,(H,18,22)/t14-,15-,16-/m1/s1. The number of carbonyl (C=O) groups excluding carboxylic acids is 1. The molecule has 0 unspecified atom stereocenters. The molecule has 1 saturated carbocycles. The SMILES string of the molecule is Cc1cnn(CCCNC(=O)N2[C@H](C)C[C@H]3CCCC[C@H]32)c1. The van der Waals surface area contributed by atoms with Crippen molar-refractivity contribution in [3.63, 3.8) is 0 Å². The van der Waals surface area contributed by atoms with Crippen LogP contribution in [0, 0.1) is 12.8 Å². The molecule has 2 amide bonds. The first-order chi connectivity index (χ1) is 10.6. The third-order valence-corrected chi connectivity index (χ3v) is 5.18. The lowest BCUT2D eigenvalue weighted by atomic mass is 9.85. The molecule has 3 atom stereocenters. The summed E-state index contributed by atoms with van der Waals surface area (Å²) < 4.78 is 1.94. The second-order valence-corrected chi connectivity index (χ2v) is 6.97. The molecule has 2 aliphatic rings. The molecule has 1 aromatic heterocycles. The van der Waals surface area contributed by atoms with E-state index in [1.807, 2.05) is 24.0 Å². The van der Waals surface area contributed by atoms with Gasteiger partial charge in [-0.2, -0.15) is 5.10 Å². The second kappa shape index (κ2) is 6.71. The number of aryl methyl sites for hydroxylation is 2. The Morgan fingerprint density at radius 1 is 1.41 bits per heavy atom. The van der Waals surface area contributed by atoms with E-state index >= 15 is 0 Å². The van der Waals surface area contributed by atoms with E-state index in [1.165, 1.54) is 37.7 Å². The maximum Gasteiger partial charge on any atom is 0.317 e. The fraction of sp³-hybridized carbons (Fsp3) is 0.765. The first kappa shape index (κ1) is 15.4. The number of amides is 2. The van der Waals surface area contributed by atoms with Gasteiger partial charge in [0.25, 0.3) is 0 Å². The van der Waals surface area contributed by atoms with Gasteiger partial charge in [-0.05, 0) is 51.0 Å². The number of rotatable bonds is 4. The summed E-state index contributed by atoms with van der Waals surface area (Å²) in [5.41, 5.74) is 1.18. The molecule has 2 fully saturated rings. The Kier molecular flexibility index (Phi) is 4.69. The predicted molar refractivity (Wildman–Crippen MR) is 86.6 cm³/mol. The number of nitrogens with one attached hydrogen (secondary N) is 1. The number of urea groups is 1. The van der Waals surface area contributed by atoms with Crippen molar-refractivity contribution in [1.82, 2.24) is 20.0 Å². The zero-order chi connectivity index (χ0) is 15.5. The van der Waals surface area contributed by atoms with E-state index in [-0.39, 0.29) is 6.03 Å². The molecule has 1 aliphatic carbocycles. The molecule has 2 heterocycles. The van der Waals surface area contributed by atoms with E-state index in [1.54, 1.807) is 0 Å². The van der Waals surface area contributed by atoms with Crippen molar-refractivity contribution in [2.45, 2.75) is 71.0 Å². The van der Waals surface area contributed by atoms with E-state index in [4.69, 9.17) is 0 Å². The zero-order valence-corrected chi connectivity index (χ0v) is 13.8. The quantitative estimate of drug-likeness (QED) is 0.870. The van der Waals surface area contributed by atoms with Crippen molar-refractivity contribution in [3.8, 4) is 0 Å². The van der Waals surface area contributed by atoms with Gasteiger partial charge in [0, 0.05) is 31.4 Å². The van der Waals surface area contributed by atoms with Gasteiger partial charge in [0.2, 0.25) is 0 Å². The van der Waals surface area contributed by atoms with Gasteiger partial charge in [-0.1, -0.05) is 12.8 Å². The summed E-state index contributed by atoms with van der Waals surface area (Å²) in [6.45, 7) is 5.82. The van der Waals surface area contributed by atoms with Crippen LogP contribution in [0.5, 0.6) is 0 Å². The van der Waals surface area contributed by atoms with Crippen LogP contribution in [0.3, 0.4) is 0 Å². The lowest BCUT2D eigenvalue weighted by Gasteiger charge is -2.33. The van der Waals surface area contributed by atoms with E-state index in [9.17, 15) is 4.79 Å². The average Bonchev–Trinajstić information content (AvgIpc) is 3.05. The third-order valence-electron chi connectivity index (χ3n) is 5.18. The smallest absolute Gasteiger partial charge is 0.317 e. The zero-order valence-electron chi connectivity index (χ0n) is 13.8. The van der Waals surface area contributed by atoms with Crippen molar-refractivity contribution in [2.75, 3.05) is 6.54 Å². The number of nitrogens with zero attached hydrogens (tertiary/aromatic N) is 3.